The van der Waals surface area contributed by atoms with Gasteiger partial charge in [0.05, 0.1) is 32.0 Å². The van der Waals surface area contributed by atoms with E-state index in [4.69, 9.17) is 28.1 Å². The van der Waals surface area contributed by atoms with Crippen LogP contribution in [0.15, 0.2) is 23.0 Å². The number of furan rings is 1. The second kappa shape index (κ2) is 7.95. The van der Waals surface area contributed by atoms with Gasteiger partial charge in [-0.2, -0.15) is 0 Å². The number of cyclic esters (lactones) is 1. The lowest BCUT2D eigenvalue weighted by atomic mass is 9.45. The van der Waals surface area contributed by atoms with Crippen molar-refractivity contribution >= 4 is 17.9 Å². The van der Waals surface area contributed by atoms with Gasteiger partial charge in [-0.15, -0.1) is 0 Å². The van der Waals surface area contributed by atoms with Gasteiger partial charge in [0.15, 0.2) is 6.10 Å². The first kappa shape index (κ1) is 28.3. The quantitative estimate of drug-likeness (QED) is 0.333. The number of hydrogen-bond donors (Lipinski definition) is 3. The van der Waals surface area contributed by atoms with Gasteiger partial charge in [-0.1, -0.05) is 20.8 Å². The summed E-state index contributed by atoms with van der Waals surface area (Å²) in [5, 5.41) is 37.5. The Labute approximate surface area is 242 Å². The maximum absolute atomic E-state index is 13.5. The molecule has 2 saturated heterocycles. The highest BCUT2D eigenvalue weighted by Crippen LogP contribution is 2.88. The van der Waals surface area contributed by atoms with Gasteiger partial charge < -0.3 is 43.4 Å². The third-order valence-corrected chi connectivity index (χ3v) is 12.8. The fourth-order valence-corrected chi connectivity index (χ4v) is 11.8. The van der Waals surface area contributed by atoms with Gasteiger partial charge in [-0.25, -0.2) is 4.79 Å². The molecule has 6 aliphatic rings. The lowest BCUT2D eigenvalue weighted by Gasteiger charge is -2.63. The van der Waals surface area contributed by atoms with Crippen LogP contribution in [-0.2, 0) is 38.1 Å². The van der Waals surface area contributed by atoms with Gasteiger partial charge >= 0.3 is 17.9 Å². The predicted octanol–water partition coefficient (Wildman–Crippen LogP) is 1.40. The van der Waals surface area contributed by atoms with Crippen LogP contribution in [0, 0.1) is 34.0 Å². The molecule has 1 aromatic heterocycles. The maximum atomic E-state index is 13.5. The first-order chi connectivity index (χ1) is 19.6. The summed E-state index contributed by atoms with van der Waals surface area (Å²) in [7, 11) is 2.51. The van der Waals surface area contributed by atoms with Crippen LogP contribution in [0.3, 0.4) is 0 Å². The van der Waals surface area contributed by atoms with E-state index in [0.29, 0.717) is 18.4 Å². The first-order valence-corrected chi connectivity index (χ1v) is 14.4. The Kier molecular flexibility index (Phi) is 5.35. The van der Waals surface area contributed by atoms with Crippen LogP contribution in [0.5, 0.6) is 0 Å². The molecule has 7 rings (SSSR count). The van der Waals surface area contributed by atoms with Gasteiger partial charge in [-0.05, 0) is 25.3 Å². The van der Waals surface area contributed by atoms with E-state index < -0.39 is 92.8 Å². The third-order valence-electron chi connectivity index (χ3n) is 12.8. The Bertz CT molecular complexity index is 1380. The average Bonchev–Trinajstić information content (AvgIpc) is 3.61. The van der Waals surface area contributed by atoms with Gasteiger partial charge in [0.1, 0.15) is 29.0 Å². The van der Waals surface area contributed by atoms with Crippen molar-refractivity contribution in [2.45, 2.75) is 94.3 Å². The number of esters is 3. The van der Waals surface area contributed by atoms with Crippen LogP contribution in [0.1, 0.15) is 65.0 Å². The minimum Gasteiger partial charge on any atom is -0.472 e. The van der Waals surface area contributed by atoms with Crippen molar-refractivity contribution in [2.24, 2.45) is 34.0 Å². The van der Waals surface area contributed by atoms with Crippen LogP contribution >= 0.6 is 0 Å². The van der Waals surface area contributed by atoms with Crippen LogP contribution in [-0.4, -0.2) is 82.2 Å². The second-order valence-electron chi connectivity index (χ2n) is 14.0. The van der Waals surface area contributed by atoms with Gasteiger partial charge in [-0.3, -0.25) is 9.59 Å². The Morgan fingerprint density at radius 2 is 1.90 bits per heavy atom. The van der Waals surface area contributed by atoms with E-state index in [1.807, 2.05) is 13.8 Å². The number of fused-ring (bicyclic) bond motifs is 2. The van der Waals surface area contributed by atoms with Gasteiger partial charge in [0, 0.05) is 47.7 Å². The smallest absolute Gasteiger partial charge is 0.335 e. The van der Waals surface area contributed by atoms with Crippen molar-refractivity contribution in [2.75, 3.05) is 14.2 Å². The number of aliphatic hydroxyl groups is 3. The Hall–Kier alpha value is -2.51. The van der Waals surface area contributed by atoms with Crippen molar-refractivity contribution in [3.05, 3.63) is 24.2 Å². The van der Waals surface area contributed by atoms with E-state index in [2.05, 4.69) is 0 Å². The fourth-order valence-electron chi connectivity index (χ4n) is 11.8. The molecule has 2 bridgehead atoms. The van der Waals surface area contributed by atoms with Crippen LogP contribution in [0.2, 0.25) is 0 Å². The lowest BCUT2D eigenvalue weighted by Crippen LogP contribution is -2.73. The van der Waals surface area contributed by atoms with Gasteiger partial charge in [0.2, 0.25) is 5.79 Å². The highest BCUT2D eigenvalue weighted by molar-refractivity contribution is 5.76. The normalized spacial score (nSPS) is 53.7. The zero-order valence-corrected chi connectivity index (χ0v) is 24.5. The molecule has 3 heterocycles. The first-order valence-electron chi connectivity index (χ1n) is 14.4. The third kappa shape index (κ3) is 2.53. The highest BCUT2D eigenvalue weighted by Gasteiger charge is 3.00. The lowest BCUT2D eigenvalue weighted by molar-refractivity contribution is -0.369. The van der Waals surface area contributed by atoms with Gasteiger partial charge in [0.25, 0.3) is 0 Å². The molecule has 1 spiro atoms. The molecule has 4 aliphatic carbocycles. The Morgan fingerprint density at radius 1 is 1.19 bits per heavy atom. The number of aliphatic hydroxyl groups excluding tert-OH is 2. The molecule has 2 aliphatic heterocycles. The number of ether oxygens (including phenoxy) is 5. The van der Waals surface area contributed by atoms with Crippen molar-refractivity contribution in [1.29, 1.82) is 0 Å². The molecule has 6 fully saturated rings. The molecule has 12 heteroatoms. The summed E-state index contributed by atoms with van der Waals surface area (Å²) in [6, 6.07) is 1.70. The van der Waals surface area contributed by atoms with Crippen molar-refractivity contribution < 1.29 is 57.8 Å². The Balaban J connectivity index is 1.57. The van der Waals surface area contributed by atoms with Crippen LogP contribution < -0.4 is 0 Å². The van der Waals surface area contributed by atoms with Crippen molar-refractivity contribution in [3.63, 3.8) is 0 Å². The summed E-state index contributed by atoms with van der Waals surface area (Å²) in [4.78, 5) is 39.5. The molecule has 42 heavy (non-hydrogen) atoms. The summed E-state index contributed by atoms with van der Waals surface area (Å²) in [6.07, 6.45) is -0.776. The van der Waals surface area contributed by atoms with E-state index in [-0.39, 0.29) is 12.8 Å². The molecule has 230 valence electrons. The van der Waals surface area contributed by atoms with Crippen molar-refractivity contribution in [1.82, 2.24) is 0 Å². The van der Waals surface area contributed by atoms with E-state index in [9.17, 15) is 29.7 Å². The number of carbonyl (C=O) groups excluding carboxylic acids is 3. The minimum atomic E-state index is -1.98. The topological polar surface area (TPSA) is 171 Å². The molecular formula is C30H38O12. The zero-order valence-electron chi connectivity index (χ0n) is 24.5. The molecule has 3 N–H and O–H groups in total. The summed E-state index contributed by atoms with van der Waals surface area (Å²) in [5.41, 5.74) is -8.23. The molecule has 0 aromatic carbocycles. The molecule has 0 unspecified atom stereocenters. The largest absolute Gasteiger partial charge is 0.472 e. The highest BCUT2D eigenvalue weighted by atomic mass is 16.7. The number of carbonyl (C=O) groups is 3. The SMILES string of the molecule is COC(=O)[C@H](O)[C@H]1[C@]2(C)C[C@]3(OC(C)=O)[C@@H]4[C@@](OC)(O[C@]56CC(=O)O[C@@H](c7ccoc7)[C@]5(C)CC[C@H]([C@]13C)[C@@]46O)[C@H]2O. The molecular weight excluding hydrogens is 552 g/mol. The summed E-state index contributed by atoms with van der Waals surface area (Å²) >= 11 is 0. The maximum Gasteiger partial charge on any atom is 0.335 e. The van der Waals surface area contributed by atoms with Crippen LogP contribution in [0.25, 0.3) is 0 Å². The standard InChI is InChI=1S/C30H38O12/c1-14(31)41-27-13-24(2)19(18(33)21(34)37-5)26(27,4)16-7-9-25(3)20(15-8-10-39-12-15)40-17(32)11-28(25)29(16,36)22(27)30(38-6,42-28)23(24)35/h8,10,12,16,18-20,22-23,33,35-36H,7,9,11,13H2,1-6H3/t16-,18-,19+,20+,22+,23+,24+,25+,26-,27+,28-,29-,30-/m1/s1. The van der Waals surface area contributed by atoms with E-state index in [1.54, 1.807) is 13.0 Å². The number of hydrogen-bond acceptors (Lipinski definition) is 12. The Morgan fingerprint density at radius 3 is 2.50 bits per heavy atom. The predicted molar refractivity (Wildman–Crippen MR) is 138 cm³/mol. The molecule has 1 aromatic rings. The zero-order chi connectivity index (χ0) is 30.5. The minimum absolute atomic E-state index is 0.0102. The van der Waals surface area contributed by atoms with E-state index in [1.165, 1.54) is 26.6 Å². The van der Waals surface area contributed by atoms with E-state index in [0.717, 1.165) is 7.11 Å². The monoisotopic (exact) mass is 590 g/mol. The molecule has 12 nitrogen and oxygen atoms in total. The average molecular weight is 591 g/mol. The number of methoxy groups -OCH3 is 2. The summed E-state index contributed by atoms with van der Waals surface area (Å²) in [6.45, 7) is 6.67. The molecule has 4 saturated carbocycles. The molecule has 0 amide bonds. The molecule has 0 radical (unpaired) electrons. The number of rotatable bonds is 5. The fraction of sp³-hybridized carbons (Fsp3) is 0.767. The second-order valence-corrected chi connectivity index (χ2v) is 14.0. The van der Waals surface area contributed by atoms with Crippen LogP contribution in [0.4, 0.5) is 0 Å². The summed E-state index contributed by atoms with van der Waals surface area (Å²) in [5.74, 6) is -7.14. The molecule has 13 atom stereocenters. The summed E-state index contributed by atoms with van der Waals surface area (Å²) < 4.78 is 35.7. The van der Waals surface area contributed by atoms with Crippen molar-refractivity contribution in [3.8, 4) is 0 Å². The van der Waals surface area contributed by atoms with E-state index >= 15 is 0 Å².